The second kappa shape index (κ2) is 8.80. The summed E-state index contributed by atoms with van der Waals surface area (Å²) in [7, 11) is 0. The van der Waals surface area contributed by atoms with E-state index in [1.54, 1.807) is 11.3 Å². The molecule has 1 aliphatic rings. The Kier molecular flexibility index (Phi) is 5.98. The van der Waals surface area contributed by atoms with Gasteiger partial charge in [0.1, 0.15) is 0 Å². The third-order valence-corrected chi connectivity index (χ3v) is 6.59. The molecule has 0 unspecified atom stereocenters. The predicted octanol–water partition coefficient (Wildman–Crippen LogP) is 4.99. The fraction of sp³-hybridized carbons (Fsp3) is 0.409. The molecule has 0 atom stereocenters. The van der Waals surface area contributed by atoms with Crippen LogP contribution in [0.4, 0.5) is 5.69 Å². The number of hydrogen-bond acceptors (Lipinski definition) is 4. The Morgan fingerprint density at radius 1 is 1.25 bits per heavy atom. The van der Waals surface area contributed by atoms with E-state index >= 15 is 0 Å². The van der Waals surface area contributed by atoms with Crippen molar-refractivity contribution in [1.82, 2.24) is 10.3 Å². The van der Waals surface area contributed by atoms with Crippen LogP contribution in [0.2, 0.25) is 0 Å². The molecule has 1 aromatic carbocycles. The van der Waals surface area contributed by atoms with E-state index in [-0.39, 0.29) is 0 Å². The van der Waals surface area contributed by atoms with Gasteiger partial charge in [0.2, 0.25) is 0 Å². The minimum absolute atomic E-state index is 0.652. The summed E-state index contributed by atoms with van der Waals surface area (Å²) in [5.41, 5.74) is 3.61. The van der Waals surface area contributed by atoms with Crippen LogP contribution in [0.1, 0.15) is 55.4 Å². The van der Waals surface area contributed by atoms with Crippen molar-refractivity contribution in [2.24, 2.45) is 10.9 Å². The van der Waals surface area contributed by atoms with Crippen LogP contribution in [0.25, 0.3) is 10.9 Å². The molecule has 6 heteroatoms. The summed E-state index contributed by atoms with van der Waals surface area (Å²) in [6.07, 6.45) is 8.48. The van der Waals surface area contributed by atoms with Gasteiger partial charge in [0.05, 0.1) is 4.88 Å². The molecule has 1 aliphatic carbocycles. The number of fused-ring (bicyclic) bond motifs is 1. The fourth-order valence-electron chi connectivity index (χ4n) is 4.23. The highest BCUT2D eigenvalue weighted by atomic mass is 32.1. The van der Waals surface area contributed by atoms with Crippen molar-refractivity contribution < 1.29 is 0 Å². The van der Waals surface area contributed by atoms with Gasteiger partial charge >= 0.3 is 0 Å². The minimum Gasteiger partial charge on any atom is -0.361 e. The SMILES string of the molecule is CCCN[C@H]1CC[C@H](c2c[nH]c3cc(NC(=NN)c4cccs4)ccc32)CC1. The van der Waals surface area contributed by atoms with Crippen LogP contribution < -0.4 is 16.5 Å². The van der Waals surface area contributed by atoms with Gasteiger partial charge in [0.15, 0.2) is 5.84 Å². The zero-order valence-electron chi connectivity index (χ0n) is 16.4. The van der Waals surface area contributed by atoms with E-state index in [1.165, 1.54) is 43.1 Å². The van der Waals surface area contributed by atoms with Gasteiger partial charge in [-0.25, -0.2) is 0 Å². The Hall–Kier alpha value is -2.31. The van der Waals surface area contributed by atoms with Gasteiger partial charge in [0.25, 0.3) is 0 Å². The Bertz CT molecular complexity index is 920. The Morgan fingerprint density at radius 2 is 2.11 bits per heavy atom. The molecule has 1 fully saturated rings. The third kappa shape index (κ3) is 4.08. The Morgan fingerprint density at radius 3 is 2.82 bits per heavy atom. The molecule has 28 heavy (non-hydrogen) atoms. The number of aromatic amines is 1. The lowest BCUT2D eigenvalue weighted by Gasteiger charge is -2.29. The van der Waals surface area contributed by atoms with Crippen LogP contribution >= 0.6 is 11.3 Å². The highest BCUT2D eigenvalue weighted by Crippen LogP contribution is 2.37. The van der Waals surface area contributed by atoms with Crippen LogP contribution in [0, 0.1) is 0 Å². The smallest absolute Gasteiger partial charge is 0.167 e. The van der Waals surface area contributed by atoms with Crippen molar-refractivity contribution in [3.8, 4) is 0 Å². The zero-order valence-corrected chi connectivity index (χ0v) is 17.2. The molecule has 5 N–H and O–H groups in total. The van der Waals surface area contributed by atoms with Gasteiger partial charge < -0.3 is 21.5 Å². The molecule has 1 saturated carbocycles. The van der Waals surface area contributed by atoms with Gasteiger partial charge in [0, 0.05) is 28.8 Å². The molecule has 0 aliphatic heterocycles. The maximum atomic E-state index is 5.59. The summed E-state index contributed by atoms with van der Waals surface area (Å²) in [6.45, 7) is 3.37. The molecule has 0 spiro atoms. The van der Waals surface area contributed by atoms with E-state index in [0.717, 1.165) is 22.6 Å². The molecule has 2 heterocycles. The normalized spacial score (nSPS) is 20.5. The molecule has 0 radical (unpaired) electrons. The molecule has 0 saturated heterocycles. The fourth-order valence-corrected chi connectivity index (χ4v) is 4.90. The number of thiophene rings is 1. The number of nitrogens with zero attached hydrogens (tertiary/aromatic N) is 1. The summed E-state index contributed by atoms with van der Waals surface area (Å²) >= 11 is 1.62. The lowest BCUT2D eigenvalue weighted by atomic mass is 9.81. The van der Waals surface area contributed by atoms with Crippen LogP contribution in [0.15, 0.2) is 47.0 Å². The standard InChI is InChI=1S/C22H29N5S/c1-2-11-24-16-7-5-15(6-8-16)19-14-25-20-13-17(9-10-18(19)20)26-22(27-23)21-4-3-12-28-21/h3-4,9-10,12-16,24-25H,2,5-8,11,23H2,1H3,(H,26,27)/t15-,16-. The average molecular weight is 396 g/mol. The van der Waals surface area contributed by atoms with E-state index in [2.05, 4.69) is 52.0 Å². The van der Waals surface area contributed by atoms with Crippen molar-refractivity contribution >= 4 is 33.8 Å². The van der Waals surface area contributed by atoms with Crippen LogP contribution in [-0.2, 0) is 0 Å². The summed E-state index contributed by atoms with van der Waals surface area (Å²) < 4.78 is 0. The lowest BCUT2D eigenvalue weighted by Crippen LogP contribution is -2.33. The minimum atomic E-state index is 0.652. The maximum absolute atomic E-state index is 5.59. The Balaban J connectivity index is 1.46. The Labute approximate surface area is 170 Å². The second-order valence-electron chi connectivity index (χ2n) is 7.59. The molecule has 0 amide bonds. The van der Waals surface area contributed by atoms with Crippen molar-refractivity contribution in [3.05, 3.63) is 52.3 Å². The van der Waals surface area contributed by atoms with E-state index in [0.29, 0.717) is 17.8 Å². The van der Waals surface area contributed by atoms with E-state index in [4.69, 9.17) is 5.84 Å². The van der Waals surface area contributed by atoms with Gasteiger partial charge in [-0.3, -0.25) is 0 Å². The highest BCUT2D eigenvalue weighted by molar-refractivity contribution is 7.12. The summed E-state index contributed by atoms with van der Waals surface area (Å²) in [4.78, 5) is 4.50. The number of benzene rings is 1. The van der Waals surface area contributed by atoms with Gasteiger partial charge in [-0.05, 0) is 73.7 Å². The summed E-state index contributed by atoms with van der Waals surface area (Å²) in [5, 5.41) is 14.3. The molecular formula is C22H29N5S. The summed E-state index contributed by atoms with van der Waals surface area (Å²) in [5.74, 6) is 6.93. The van der Waals surface area contributed by atoms with Crippen LogP contribution in [0.5, 0.6) is 0 Å². The molecular weight excluding hydrogens is 366 g/mol. The highest BCUT2D eigenvalue weighted by Gasteiger charge is 2.23. The topological polar surface area (TPSA) is 78.2 Å². The van der Waals surface area contributed by atoms with E-state index < -0.39 is 0 Å². The summed E-state index contributed by atoms with van der Waals surface area (Å²) in [6, 6.07) is 11.2. The quantitative estimate of drug-likeness (QED) is 0.206. The zero-order chi connectivity index (χ0) is 19.3. The van der Waals surface area contributed by atoms with E-state index in [1.807, 2.05) is 17.5 Å². The molecule has 148 valence electrons. The first-order chi connectivity index (χ1) is 13.8. The van der Waals surface area contributed by atoms with Gasteiger partial charge in [-0.15, -0.1) is 11.3 Å². The predicted molar refractivity (Wildman–Crippen MR) is 120 cm³/mol. The first kappa shape index (κ1) is 19.0. The van der Waals surface area contributed by atoms with Gasteiger partial charge in [-0.1, -0.05) is 19.1 Å². The molecule has 3 aromatic rings. The number of nitrogens with two attached hydrogens (primary N) is 1. The van der Waals surface area contributed by atoms with Crippen LogP contribution in [-0.4, -0.2) is 23.4 Å². The van der Waals surface area contributed by atoms with Crippen LogP contribution in [0.3, 0.4) is 0 Å². The number of rotatable bonds is 6. The number of hydrazone groups is 1. The first-order valence-electron chi connectivity index (χ1n) is 10.2. The number of hydrogen-bond donors (Lipinski definition) is 4. The molecule has 4 rings (SSSR count). The number of H-pyrrole nitrogens is 1. The second-order valence-corrected chi connectivity index (χ2v) is 8.53. The van der Waals surface area contributed by atoms with Crippen molar-refractivity contribution in [3.63, 3.8) is 0 Å². The molecule has 0 bridgehead atoms. The largest absolute Gasteiger partial charge is 0.361 e. The first-order valence-corrected chi connectivity index (χ1v) is 11.1. The number of anilines is 1. The van der Waals surface area contributed by atoms with Crippen molar-refractivity contribution in [2.75, 3.05) is 11.9 Å². The molecule has 2 aromatic heterocycles. The monoisotopic (exact) mass is 395 g/mol. The number of nitrogens with one attached hydrogen (secondary N) is 3. The van der Waals surface area contributed by atoms with Crippen molar-refractivity contribution in [1.29, 1.82) is 0 Å². The average Bonchev–Trinajstić information content (AvgIpc) is 3.40. The third-order valence-electron chi connectivity index (χ3n) is 5.71. The maximum Gasteiger partial charge on any atom is 0.167 e. The number of amidine groups is 1. The number of aromatic nitrogens is 1. The van der Waals surface area contributed by atoms with Crippen molar-refractivity contribution in [2.45, 2.75) is 51.0 Å². The van der Waals surface area contributed by atoms with Gasteiger partial charge in [-0.2, -0.15) is 5.10 Å². The van der Waals surface area contributed by atoms with E-state index in [9.17, 15) is 0 Å². The lowest BCUT2D eigenvalue weighted by molar-refractivity contribution is 0.344. The molecule has 5 nitrogen and oxygen atoms in total.